The Morgan fingerprint density at radius 2 is 1.90 bits per heavy atom. The van der Waals surface area contributed by atoms with Crippen LogP contribution in [0.25, 0.3) is 22.3 Å². The number of carbonyl (C=O) groups is 1. The Balaban J connectivity index is 1.70. The summed E-state index contributed by atoms with van der Waals surface area (Å²) in [5.74, 6) is -0.353. The van der Waals surface area contributed by atoms with Gasteiger partial charge in [-0.1, -0.05) is 18.2 Å². The average molecular weight is 411 g/mol. The number of carbonyl (C=O) groups excluding carboxylic acids is 1. The minimum atomic E-state index is -4.42. The lowest BCUT2D eigenvalue weighted by Crippen LogP contribution is -2.23. The molecule has 6 nitrogen and oxygen atoms in total. The molecule has 4 rings (SSSR count). The molecule has 1 N–H and O–H groups in total. The Labute approximate surface area is 169 Å². The highest BCUT2D eigenvalue weighted by Crippen LogP contribution is 2.31. The number of pyridine rings is 2. The van der Waals surface area contributed by atoms with Crippen molar-refractivity contribution in [2.24, 2.45) is 7.05 Å². The predicted molar refractivity (Wildman–Crippen MR) is 104 cm³/mol. The molecule has 0 saturated heterocycles. The highest BCUT2D eigenvalue weighted by Gasteiger charge is 2.30. The minimum absolute atomic E-state index is 0.235. The number of benzene rings is 1. The Hall–Kier alpha value is -3.75. The van der Waals surface area contributed by atoms with Crippen LogP contribution in [0.4, 0.5) is 13.2 Å². The van der Waals surface area contributed by atoms with Crippen LogP contribution in [0.15, 0.2) is 60.9 Å². The summed E-state index contributed by atoms with van der Waals surface area (Å²) < 4.78 is 40.1. The highest BCUT2D eigenvalue weighted by molar-refractivity contribution is 6.06. The normalized spacial score (nSPS) is 11.6. The molecule has 1 amide bonds. The van der Waals surface area contributed by atoms with E-state index in [2.05, 4.69) is 20.4 Å². The zero-order chi connectivity index (χ0) is 21.3. The number of aromatic nitrogens is 4. The second-order valence-electron chi connectivity index (χ2n) is 6.64. The Kier molecular flexibility index (Phi) is 4.94. The van der Waals surface area contributed by atoms with Crippen LogP contribution in [0.1, 0.15) is 21.6 Å². The number of nitrogens with one attached hydrogen (secondary N) is 1. The topological polar surface area (TPSA) is 72.7 Å². The van der Waals surface area contributed by atoms with Gasteiger partial charge >= 0.3 is 6.18 Å². The summed E-state index contributed by atoms with van der Waals surface area (Å²) in [6.45, 7) is 0.235. The van der Waals surface area contributed by atoms with Crippen molar-refractivity contribution in [3.63, 3.8) is 0 Å². The zero-order valence-electron chi connectivity index (χ0n) is 15.8. The molecule has 0 spiro atoms. The third kappa shape index (κ3) is 3.86. The lowest BCUT2D eigenvalue weighted by molar-refractivity contribution is -0.137. The van der Waals surface area contributed by atoms with Gasteiger partial charge in [0.2, 0.25) is 0 Å². The van der Waals surface area contributed by atoms with E-state index in [1.54, 1.807) is 31.4 Å². The molecule has 9 heteroatoms. The number of hydrogen-bond acceptors (Lipinski definition) is 4. The van der Waals surface area contributed by atoms with Gasteiger partial charge < -0.3 is 5.32 Å². The van der Waals surface area contributed by atoms with Crippen molar-refractivity contribution in [3.05, 3.63) is 77.7 Å². The maximum atomic E-state index is 12.9. The number of hydrogen-bond donors (Lipinski definition) is 1. The van der Waals surface area contributed by atoms with Gasteiger partial charge in [-0.05, 0) is 30.3 Å². The third-order valence-corrected chi connectivity index (χ3v) is 4.61. The summed E-state index contributed by atoms with van der Waals surface area (Å²) in [6, 6.07) is 11.6. The number of amides is 1. The van der Waals surface area contributed by atoms with E-state index in [9.17, 15) is 18.0 Å². The molecule has 1 aromatic carbocycles. The van der Waals surface area contributed by atoms with Gasteiger partial charge in [-0.15, -0.1) is 0 Å². The maximum Gasteiger partial charge on any atom is 0.416 e. The Bertz CT molecular complexity index is 1200. The lowest BCUT2D eigenvalue weighted by atomic mass is 10.0. The van der Waals surface area contributed by atoms with Gasteiger partial charge in [-0.25, -0.2) is 4.98 Å². The quantitative estimate of drug-likeness (QED) is 0.551. The summed E-state index contributed by atoms with van der Waals surface area (Å²) in [6.07, 6.45) is -1.25. The van der Waals surface area contributed by atoms with Crippen LogP contribution in [-0.2, 0) is 19.8 Å². The molecule has 0 aliphatic rings. The molecule has 0 atom stereocenters. The van der Waals surface area contributed by atoms with Crippen molar-refractivity contribution in [3.8, 4) is 11.3 Å². The van der Waals surface area contributed by atoms with E-state index in [4.69, 9.17) is 0 Å². The molecule has 3 aromatic heterocycles. The number of nitrogens with zero attached hydrogens (tertiary/aromatic N) is 4. The molecule has 0 bridgehead atoms. The number of rotatable bonds is 4. The molecule has 0 fully saturated rings. The molecule has 152 valence electrons. The van der Waals surface area contributed by atoms with Gasteiger partial charge in [0.15, 0.2) is 5.65 Å². The van der Waals surface area contributed by atoms with Crippen LogP contribution in [0.5, 0.6) is 0 Å². The summed E-state index contributed by atoms with van der Waals surface area (Å²) in [4.78, 5) is 21.5. The fourth-order valence-corrected chi connectivity index (χ4v) is 3.05. The van der Waals surface area contributed by atoms with Gasteiger partial charge in [-0.2, -0.15) is 18.3 Å². The summed E-state index contributed by atoms with van der Waals surface area (Å²) >= 11 is 0. The second kappa shape index (κ2) is 7.58. The fraction of sp³-hybridized carbons (Fsp3) is 0.143. The maximum absolute atomic E-state index is 12.9. The van der Waals surface area contributed by atoms with E-state index in [-0.39, 0.29) is 12.5 Å². The second-order valence-corrected chi connectivity index (χ2v) is 6.64. The van der Waals surface area contributed by atoms with Crippen LogP contribution in [0.3, 0.4) is 0 Å². The number of fused-ring (bicyclic) bond motifs is 1. The molecular formula is C21H16F3N5O. The first kappa shape index (κ1) is 19.6. The number of aryl methyl sites for hydroxylation is 1. The first-order chi connectivity index (χ1) is 14.3. The molecular weight excluding hydrogens is 395 g/mol. The summed E-state index contributed by atoms with van der Waals surface area (Å²) in [5, 5.41) is 7.51. The van der Waals surface area contributed by atoms with Crippen LogP contribution in [0, 0.1) is 0 Å². The summed E-state index contributed by atoms with van der Waals surface area (Å²) in [7, 11) is 1.68. The van der Waals surface area contributed by atoms with E-state index in [0.717, 1.165) is 12.1 Å². The van der Waals surface area contributed by atoms with Crippen molar-refractivity contribution in [2.75, 3.05) is 0 Å². The van der Waals surface area contributed by atoms with E-state index < -0.39 is 11.7 Å². The lowest BCUT2D eigenvalue weighted by Gasteiger charge is -2.10. The molecule has 3 heterocycles. The van der Waals surface area contributed by atoms with Gasteiger partial charge in [0.1, 0.15) is 0 Å². The van der Waals surface area contributed by atoms with Crippen molar-refractivity contribution in [1.29, 1.82) is 0 Å². The van der Waals surface area contributed by atoms with Gasteiger partial charge in [-0.3, -0.25) is 14.5 Å². The molecule has 0 aliphatic heterocycles. The minimum Gasteiger partial charge on any atom is -0.346 e. The van der Waals surface area contributed by atoms with Crippen LogP contribution in [0.2, 0.25) is 0 Å². The smallest absolute Gasteiger partial charge is 0.346 e. The van der Waals surface area contributed by atoms with Crippen molar-refractivity contribution in [1.82, 2.24) is 25.1 Å². The van der Waals surface area contributed by atoms with Gasteiger partial charge in [0.05, 0.1) is 40.6 Å². The third-order valence-electron chi connectivity index (χ3n) is 4.61. The van der Waals surface area contributed by atoms with E-state index in [0.29, 0.717) is 33.5 Å². The monoisotopic (exact) mass is 411 g/mol. The largest absolute Gasteiger partial charge is 0.416 e. The molecule has 4 aromatic rings. The first-order valence-corrected chi connectivity index (χ1v) is 9.01. The SMILES string of the molecule is Cn1ncc2c(C(=O)NCc3ccccn3)cc(-c3ccc(C(F)(F)F)cc3)nc21. The van der Waals surface area contributed by atoms with Crippen LogP contribution in [-0.4, -0.2) is 25.7 Å². The molecule has 30 heavy (non-hydrogen) atoms. The van der Waals surface area contributed by atoms with Crippen molar-refractivity contribution >= 4 is 16.9 Å². The Morgan fingerprint density at radius 1 is 1.13 bits per heavy atom. The van der Waals surface area contributed by atoms with E-state index in [1.165, 1.54) is 23.0 Å². The van der Waals surface area contributed by atoms with E-state index in [1.807, 2.05) is 6.07 Å². The van der Waals surface area contributed by atoms with Crippen molar-refractivity contribution in [2.45, 2.75) is 12.7 Å². The molecule has 0 saturated carbocycles. The average Bonchev–Trinajstić information content (AvgIpc) is 3.12. The van der Waals surface area contributed by atoms with Gasteiger partial charge in [0, 0.05) is 18.8 Å². The van der Waals surface area contributed by atoms with E-state index >= 15 is 0 Å². The highest BCUT2D eigenvalue weighted by atomic mass is 19.4. The predicted octanol–water partition coefficient (Wildman–Crippen LogP) is 3.98. The van der Waals surface area contributed by atoms with Crippen LogP contribution >= 0.6 is 0 Å². The first-order valence-electron chi connectivity index (χ1n) is 9.01. The molecule has 0 aliphatic carbocycles. The summed E-state index contributed by atoms with van der Waals surface area (Å²) in [5.41, 5.74) is 1.58. The molecule has 0 radical (unpaired) electrons. The van der Waals surface area contributed by atoms with Crippen molar-refractivity contribution < 1.29 is 18.0 Å². The molecule has 0 unspecified atom stereocenters. The Morgan fingerprint density at radius 3 is 2.57 bits per heavy atom. The van der Waals surface area contributed by atoms with Gasteiger partial charge in [0.25, 0.3) is 5.91 Å². The zero-order valence-corrected chi connectivity index (χ0v) is 15.8. The number of alkyl halides is 3. The fourth-order valence-electron chi connectivity index (χ4n) is 3.05. The standard InChI is InChI=1S/C21H16F3N5O/c1-29-19-17(12-27-29)16(20(30)26-11-15-4-2-3-9-25-15)10-18(28-19)13-5-7-14(8-6-13)21(22,23)24/h2-10,12H,11H2,1H3,(H,26,30). The van der Waals surface area contributed by atoms with Crippen LogP contribution < -0.4 is 5.32 Å². The number of halogens is 3.